The molecular weight excluding hydrogens is 234 g/mol. The summed E-state index contributed by atoms with van der Waals surface area (Å²) in [7, 11) is 1.87. The lowest BCUT2D eigenvalue weighted by Crippen LogP contribution is -2.17. The highest BCUT2D eigenvalue weighted by Gasteiger charge is 2.06. The van der Waals surface area contributed by atoms with Gasteiger partial charge in [-0.1, -0.05) is 6.07 Å². The van der Waals surface area contributed by atoms with E-state index in [-0.39, 0.29) is 11.6 Å². The van der Waals surface area contributed by atoms with Crippen molar-refractivity contribution < 1.29 is 8.78 Å². The molecule has 4 heteroatoms. The van der Waals surface area contributed by atoms with Gasteiger partial charge in [0.2, 0.25) is 0 Å². The largest absolute Gasteiger partial charge is 0.398 e. The van der Waals surface area contributed by atoms with E-state index < -0.39 is 0 Å². The molecule has 0 spiro atoms. The summed E-state index contributed by atoms with van der Waals surface area (Å²) >= 11 is 0. The van der Waals surface area contributed by atoms with E-state index in [0.29, 0.717) is 12.2 Å². The number of rotatable bonds is 3. The Morgan fingerprint density at radius 3 is 2.22 bits per heavy atom. The first kappa shape index (κ1) is 12.4. The van der Waals surface area contributed by atoms with E-state index in [9.17, 15) is 8.78 Å². The van der Waals surface area contributed by atoms with Crippen molar-refractivity contribution in [1.29, 1.82) is 0 Å². The Kier molecular flexibility index (Phi) is 3.46. The SMILES string of the molecule is CN(Cc1ccc(F)cc1N)c1ccc(F)cc1. The van der Waals surface area contributed by atoms with Crippen molar-refractivity contribution in [3.63, 3.8) is 0 Å². The van der Waals surface area contributed by atoms with Gasteiger partial charge >= 0.3 is 0 Å². The molecule has 0 saturated carbocycles. The first-order valence-corrected chi connectivity index (χ1v) is 5.57. The van der Waals surface area contributed by atoms with Crippen LogP contribution in [0.25, 0.3) is 0 Å². The van der Waals surface area contributed by atoms with Crippen molar-refractivity contribution in [2.24, 2.45) is 0 Å². The minimum absolute atomic E-state index is 0.270. The highest BCUT2D eigenvalue weighted by Crippen LogP contribution is 2.19. The number of anilines is 2. The summed E-state index contributed by atoms with van der Waals surface area (Å²) in [4.78, 5) is 1.92. The summed E-state index contributed by atoms with van der Waals surface area (Å²) in [6.45, 7) is 0.539. The molecule has 0 heterocycles. The van der Waals surface area contributed by atoms with Crippen LogP contribution in [-0.4, -0.2) is 7.05 Å². The van der Waals surface area contributed by atoms with E-state index in [4.69, 9.17) is 5.73 Å². The minimum Gasteiger partial charge on any atom is -0.398 e. The van der Waals surface area contributed by atoms with Gasteiger partial charge in [-0.05, 0) is 42.0 Å². The van der Waals surface area contributed by atoms with Gasteiger partial charge in [0.1, 0.15) is 11.6 Å². The van der Waals surface area contributed by atoms with Crippen LogP contribution in [0.5, 0.6) is 0 Å². The fourth-order valence-electron chi connectivity index (χ4n) is 1.75. The average molecular weight is 248 g/mol. The molecule has 0 unspecified atom stereocenters. The minimum atomic E-state index is -0.347. The van der Waals surface area contributed by atoms with Crippen molar-refractivity contribution in [2.45, 2.75) is 6.54 Å². The molecule has 0 fully saturated rings. The van der Waals surface area contributed by atoms with E-state index in [2.05, 4.69) is 0 Å². The maximum atomic E-state index is 12.9. The monoisotopic (exact) mass is 248 g/mol. The highest BCUT2D eigenvalue weighted by molar-refractivity contribution is 5.51. The molecule has 0 aliphatic heterocycles. The van der Waals surface area contributed by atoms with Crippen LogP contribution in [0.3, 0.4) is 0 Å². The third-order valence-electron chi connectivity index (χ3n) is 2.78. The van der Waals surface area contributed by atoms with Crippen LogP contribution in [-0.2, 0) is 6.54 Å². The molecule has 0 atom stereocenters. The van der Waals surface area contributed by atoms with E-state index in [0.717, 1.165) is 11.3 Å². The normalized spacial score (nSPS) is 10.4. The van der Waals surface area contributed by atoms with Gasteiger partial charge in [-0.25, -0.2) is 8.78 Å². The van der Waals surface area contributed by atoms with Crippen LogP contribution >= 0.6 is 0 Å². The number of hydrogen-bond acceptors (Lipinski definition) is 2. The fraction of sp³-hybridized carbons (Fsp3) is 0.143. The standard InChI is InChI=1S/C14H14F2N2/c1-18(13-6-4-11(15)5-7-13)9-10-2-3-12(16)8-14(10)17/h2-8H,9,17H2,1H3. The van der Waals surface area contributed by atoms with Crippen molar-refractivity contribution >= 4 is 11.4 Å². The van der Waals surface area contributed by atoms with Crippen LogP contribution in [0, 0.1) is 11.6 Å². The fourth-order valence-corrected chi connectivity index (χ4v) is 1.75. The van der Waals surface area contributed by atoms with Crippen molar-refractivity contribution in [3.05, 3.63) is 59.7 Å². The number of hydrogen-bond donors (Lipinski definition) is 1. The predicted octanol–water partition coefficient (Wildman–Crippen LogP) is 3.18. The lowest BCUT2D eigenvalue weighted by atomic mass is 10.1. The third-order valence-corrected chi connectivity index (χ3v) is 2.78. The molecule has 18 heavy (non-hydrogen) atoms. The van der Waals surface area contributed by atoms with Gasteiger partial charge in [-0.15, -0.1) is 0 Å². The summed E-state index contributed by atoms with van der Waals surface area (Å²) < 4.78 is 25.7. The second kappa shape index (κ2) is 5.04. The van der Waals surface area contributed by atoms with Gasteiger partial charge in [0.25, 0.3) is 0 Å². The zero-order valence-corrected chi connectivity index (χ0v) is 10.0. The van der Waals surface area contributed by atoms with E-state index in [1.807, 2.05) is 11.9 Å². The molecule has 2 nitrogen and oxygen atoms in total. The Morgan fingerprint density at radius 2 is 1.61 bits per heavy atom. The molecule has 0 saturated heterocycles. The molecule has 0 aliphatic rings. The Morgan fingerprint density at radius 1 is 1.00 bits per heavy atom. The number of nitrogen functional groups attached to an aromatic ring is 1. The molecule has 0 radical (unpaired) electrons. The van der Waals surface area contributed by atoms with Gasteiger partial charge in [0, 0.05) is 25.0 Å². The lowest BCUT2D eigenvalue weighted by Gasteiger charge is -2.20. The van der Waals surface area contributed by atoms with Gasteiger partial charge < -0.3 is 10.6 Å². The topological polar surface area (TPSA) is 29.3 Å². The molecule has 2 rings (SSSR count). The molecule has 0 aromatic heterocycles. The molecule has 94 valence electrons. The molecular formula is C14H14F2N2. The number of nitrogens with two attached hydrogens (primary N) is 1. The predicted molar refractivity (Wildman–Crippen MR) is 69.3 cm³/mol. The second-order valence-corrected chi connectivity index (χ2v) is 4.18. The van der Waals surface area contributed by atoms with Crippen molar-refractivity contribution in [1.82, 2.24) is 0 Å². The molecule has 2 aromatic carbocycles. The van der Waals surface area contributed by atoms with Crippen LogP contribution in [0.2, 0.25) is 0 Å². The van der Waals surface area contributed by atoms with Gasteiger partial charge in [-0.2, -0.15) is 0 Å². The lowest BCUT2D eigenvalue weighted by molar-refractivity contribution is 0.626. The van der Waals surface area contributed by atoms with Gasteiger partial charge in [0.15, 0.2) is 0 Å². The molecule has 0 bridgehead atoms. The van der Waals surface area contributed by atoms with Crippen LogP contribution < -0.4 is 10.6 Å². The maximum Gasteiger partial charge on any atom is 0.125 e. The van der Waals surface area contributed by atoms with Crippen LogP contribution in [0.4, 0.5) is 20.2 Å². The highest BCUT2D eigenvalue weighted by atomic mass is 19.1. The first-order valence-electron chi connectivity index (χ1n) is 5.57. The Balaban J connectivity index is 2.15. The number of benzene rings is 2. The molecule has 0 aliphatic carbocycles. The van der Waals surface area contributed by atoms with E-state index in [1.165, 1.54) is 24.3 Å². The summed E-state index contributed by atoms with van der Waals surface area (Å²) in [5.74, 6) is -0.617. The molecule has 2 aromatic rings. The van der Waals surface area contributed by atoms with Crippen molar-refractivity contribution in [3.8, 4) is 0 Å². The number of halogens is 2. The maximum absolute atomic E-state index is 12.9. The summed E-state index contributed by atoms with van der Waals surface area (Å²) in [6, 6.07) is 10.5. The van der Waals surface area contributed by atoms with E-state index >= 15 is 0 Å². The summed E-state index contributed by atoms with van der Waals surface area (Å²) in [6.07, 6.45) is 0. The second-order valence-electron chi connectivity index (χ2n) is 4.18. The Bertz CT molecular complexity index is 538. The zero-order chi connectivity index (χ0) is 13.1. The quantitative estimate of drug-likeness (QED) is 0.845. The third kappa shape index (κ3) is 2.77. The van der Waals surface area contributed by atoms with Crippen LogP contribution in [0.1, 0.15) is 5.56 Å². The summed E-state index contributed by atoms with van der Waals surface area (Å²) in [5.41, 5.74) is 7.88. The van der Waals surface area contributed by atoms with Crippen LogP contribution in [0.15, 0.2) is 42.5 Å². The first-order chi connectivity index (χ1) is 8.56. The smallest absolute Gasteiger partial charge is 0.125 e. The van der Waals surface area contributed by atoms with Gasteiger partial charge in [-0.3, -0.25) is 0 Å². The van der Waals surface area contributed by atoms with E-state index in [1.54, 1.807) is 18.2 Å². The number of nitrogens with zero attached hydrogens (tertiary/aromatic N) is 1. The molecule has 0 amide bonds. The van der Waals surface area contributed by atoms with Gasteiger partial charge in [0.05, 0.1) is 0 Å². The zero-order valence-electron chi connectivity index (χ0n) is 10.0. The average Bonchev–Trinajstić information content (AvgIpc) is 2.33. The molecule has 2 N–H and O–H groups in total. The van der Waals surface area contributed by atoms with Crippen molar-refractivity contribution in [2.75, 3.05) is 17.7 Å². The summed E-state index contributed by atoms with van der Waals surface area (Å²) in [5, 5.41) is 0. The Hall–Kier alpha value is -2.10. The Labute approximate surface area is 105 Å².